The fraction of sp³-hybridized carbons (Fsp3) is 0.529. The van der Waals surface area contributed by atoms with Gasteiger partial charge >= 0.3 is 5.97 Å². The Kier molecular flexibility index (Phi) is 6.31. The van der Waals surface area contributed by atoms with Gasteiger partial charge < -0.3 is 10.4 Å². The topological polar surface area (TPSA) is 66.4 Å². The summed E-state index contributed by atoms with van der Waals surface area (Å²) < 4.78 is 0. The molecule has 1 aromatic carbocycles. The van der Waals surface area contributed by atoms with Crippen LogP contribution in [0.4, 0.5) is 0 Å². The van der Waals surface area contributed by atoms with Crippen molar-refractivity contribution in [1.29, 1.82) is 0 Å². The van der Waals surface area contributed by atoms with Crippen molar-refractivity contribution in [3.05, 3.63) is 35.4 Å². The van der Waals surface area contributed by atoms with Crippen LogP contribution in [0.25, 0.3) is 0 Å². The first-order valence-corrected chi connectivity index (χ1v) is 8.46. The Morgan fingerprint density at radius 3 is 2.64 bits per heavy atom. The molecule has 0 radical (unpaired) electrons. The lowest BCUT2D eigenvalue weighted by Gasteiger charge is -2.21. The van der Waals surface area contributed by atoms with Crippen LogP contribution < -0.4 is 5.32 Å². The maximum absolute atomic E-state index is 12.4. The van der Waals surface area contributed by atoms with Gasteiger partial charge in [-0.1, -0.05) is 37.1 Å². The van der Waals surface area contributed by atoms with E-state index in [1.54, 1.807) is 0 Å². The number of hydrogen-bond acceptors (Lipinski definition) is 3. The average molecular weight is 321 g/mol. The molecule has 1 aliphatic rings. The van der Waals surface area contributed by atoms with Gasteiger partial charge in [0.15, 0.2) is 0 Å². The Morgan fingerprint density at radius 2 is 1.95 bits per heavy atom. The SMILES string of the molecule is O=C(O)C1CCCCCc2ccccc2C[C@@H](CS)C(=O)N1. The molecule has 5 heteroatoms. The van der Waals surface area contributed by atoms with Crippen molar-refractivity contribution in [3.8, 4) is 0 Å². The van der Waals surface area contributed by atoms with Gasteiger partial charge in [-0.2, -0.15) is 12.6 Å². The summed E-state index contributed by atoms with van der Waals surface area (Å²) in [4.78, 5) is 23.6. The summed E-state index contributed by atoms with van der Waals surface area (Å²) in [6.45, 7) is 0. The lowest BCUT2D eigenvalue weighted by Crippen LogP contribution is -2.44. The number of carboxylic acid groups (broad SMARTS) is 1. The summed E-state index contributed by atoms with van der Waals surface area (Å²) in [7, 11) is 0. The Morgan fingerprint density at radius 1 is 1.23 bits per heavy atom. The van der Waals surface area contributed by atoms with Crippen LogP contribution in [-0.4, -0.2) is 28.8 Å². The molecule has 2 atom stereocenters. The Hall–Kier alpha value is -1.49. The molecule has 1 aromatic rings. The lowest BCUT2D eigenvalue weighted by molar-refractivity contribution is -0.142. The summed E-state index contributed by atoms with van der Waals surface area (Å²) in [6.07, 6.45) is 4.91. The summed E-state index contributed by atoms with van der Waals surface area (Å²) in [5.41, 5.74) is 2.46. The molecule has 0 fully saturated rings. The molecule has 0 aliphatic carbocycles. The Bertz CT molecular complexity index is 532. The maximum atomic E-state index is 12.4. The number of fused-ring (bicyclic) bond motifs is 1. The molecule has 0 aromatic heterocycles. The van der Waals surface area contributed by atoms with Crippen LogP contribution in [0.3, 0.4) is 0 Å². The monoisotopic (exact) mass is 321 g/mol. The first-order chi connectivity index (χ1) is 10.6. The van der Waals surface area contributed by atoms with Gasteiger partial charge in [-0.15, -0.1) is 0 Å². The molecule has 1 unspecified atom stereocenters. The van der Waals surface area contributed by atoms with Crippen LogP contribution in [0.1, 0.15) is 36.8 Å². The van der Waals surface area contributed by atoms with Gasteiger partial charge in [0.05, 0.1) is 5.92 Å². The van der Waals surface area contributed by atoms with Crippen LogP contribution in [-0.2, 0) is 22.4 Å². The van der Waals surface area contributed by atoms with E-state index in [0.29, 0.717) is 18.6 Å². The second-order valence-corrected chi connectivity index (χ2v) is 6.22. The lowest BCUT2D eigenvalue weighted by atomic mass is 9.92. The van der Waals surface area contributed by atoms with Crippen molar-refractivity contribution < 1.29 is 14.7 Å². The molecule has 120 valence electrons. The number of nitrogens with one attached hydrogen (secondary N) is 1. The second kappa shape index (κ2) is 8.22. The molecule has 4 nitrogen and oxygen atoms in total. The number of carbonyl (C=O) groups excluding carboxylic acids is 1. The van der Waals surface area contributed by atoms with E-state index in [4.69, 9.17) is 0 Å². The van der Waals surface area contributed by atoms with Crippen molar-refractivity contribution in [2.45, 2.75) is 44.6 Å². The fourth-order valence-corrected chi connectivity index (χ4v) is 3.19. The van der Waals surface area contributed by atoms with Gasteiger partial charge in [0.25, 0.3) is 0 Å². The van der Waals surface area contributed by atoms with Crippen molar-refractivity contribution in [1.82, 2.24) is 5.32 Å². The molecule has 0 saturated carbocycles. The van der Waals surface area contributed by atoms with E-state index in [9.17, 15) is 14.7 Å². The molecular formula is C17H23NO3S. The van der Waals surface area contributed by atoms with Gasteiger partial charge in [0.1, 0.15) is 6.04 Å². The highest BCUT2D eigenvalue weighted by atomic mass is 32.1. The zero-order valence-electron chi connectivity index (χ0n) is 12.6. The third kappa shape index (κ3) is 4.50. The molecule has 0 spiro atoms. The van der Waals surface area contributed by atoms with Gasteiger partial charge in [-0.05, 0) is 36.8 Å². The van der Waals surface area contributed by atoms with Crippen molar-refractivity contribution in [2.24, 2.45) is 5.92 Å². The van der Waals surface area contributed by atoms with E-state index in [0.717, 1.165) is 25.7 Å². The normalized spacial score (nSPS) is 23.6. The Balaban J connectivity index is 2.22. The minimum absolute atomic E-state index is 0.210. The second-order valence-electron chi connectivity index (χ2n) is 5.85. The third-order valence-corrected chi connectivity index (χ3v) is 4.67. The average Bonchev–Trinajstić information content (AvgIpc) is 2.50. The van der Waals surface area contributed by atoms with Gasteiger partial charge in [-0.25, -0.2) is 4.79 Å². The first-order valence-electron chi connectivity index (χ1n) is 7.82. The highest BCUT2D eigenvalue weighted by Gasteiger charge is 2.25. The number of aliphatic carboxylic acids is 1. The summed E-state index contributed by atoms with van der Waals surface area (Å²) >= 11 is 4.28. The van der Waals surface area contributed by atoms with Gasteiger partial charge in [0, 0.05) is 5.75 Å². The van der Waals surface area contributed by atoms with E-state index in [1.165, 1.54) is 11.1 Å². The smallest absolute Gasteiger partial charge is 0.326 e. The molecule has 1 amide bonds. The minimum Gasteiger partial charge on any atom is -0.480 e. The van der Waals surface area contributed by atoms with E-state index < -0.39 is 12.0 Å². The zero-order chi connectivity index (χ0) is 15.9. The predicted molar refractivity (Wildman–Crippen MR) is 89.2 cm³/mol. The largest absolute Gasteiger partial charge is 0.480 e. The van der Waals surface area contributed by atoms with Crippen molar-refractivity contribution >= 4 is 24.5 Å². The molecule has 2 rings (SSSR count). The molecule has 2 N–H and O–H groups in total. The molecule has 0 bridgehead atoms. The van der Waals surface area contributed by atoms with Crippen LogP contribution in [0.5, 0.6) is 0 Å². The predicted octanol–water partition coefficient (Wildman–Crippen LogP) is 2.46. The first kappa shape index (κ1) is 16.9. The van der Waals surface area contributed by atoms with E-state index in [2.05, 4.69) is 30.1 Å². The van der Waals surface area contributed by atoms with Crippen molar-refractivity contribution in [2.75, 3.05) is 5.75 Å². The molecule has 22 heavy (non-hydrogen) atoms. The highest BCUT2D eigenvalue weighted by molar-refractivity contribution is 7.80. The number of aryl methyl sites for hydroxylation is 1. The maximum Gasteiger partial charge on any atom is 0.326 e. The van der Waals surface area contributed by atoms with Gasteiger partial charge in [-0.3, -0.25) is 4.79 Å². The molecular weight excluding hydrogens is 298 g/mol. The molecule has 0 saturated heterocycles. The summed E-state index contributed by atoms with van der Waals surface area (Å²) in [6, 6.07) is 7.40. The zero-order valence-corrected chi connectivity index (χ0v) is 13.5. The molecule has 1 heterocycles. The number of carboxylic acids is 1. The highest BCUT2D eigenvalue weighted by Crippen LogP contribution is 2.20. The third-order valence-electron chi connectivity index (χ3n) is 4.23. The fourth-order valence-electron chi connectivity index (χ4n) is 2.89. The van der Waals surface area contributed by atoms with E-state index in [1.807, 2.05) is 12.1 Å². The number of benzene rings is 1. The summed E-state index contributed by atoms with van der Waals surface area (Å²) in [5, 5.41) is 11.9. The number of rotatable bonds is 2. The van der Waals surface area contributed by atoms with E-state index >= 15 is 0 Å². The number of thiol groups is 1. The molecule has 1 aliphatic heterocycles. The van der Waals surface area contributed by atoms with Crippen LogP contribution in [0.15, 0.2) is 24.3 Å². The quantitative estimate of drug-likeness (QED) is 0.733. The Labute approximate surface area is 136 Å². The summed E-state index contributed by atoms with van der Waals surface area (Å²) in [5.74, 6) is -1.06. The van der Waals surface area contributed by atoms with Gasteiger partial charge in [0.2, 0.25) is 5.91 Å². The van der Waals surface area contributed by atoms with E-state index in [-0.39, 0.29) is 11.8 Å². The minimum atomic E-state index is -0.955. The van der Waals surface area contributed by atoms with Crippen LogP contribution in [0.2, 0.25) is 0 Å². The van der Waals surface area contributed by atoms with Crippen molar-refractivity contribution in [3.63, 3.8) is 0 Å². The standard InChI is InChI=1S/C17H23NO3S/c19-16-14(11-22)10-13-8-5-4-7-12(13)6-2-1-3-9-15(18-16)17(20)21/h4-5,7-8,14-15,22H,1-3,6,9-11H2,(H,18,19)(H,20,21)/t14-,15?/m0/s1. The van der Waals surface area contributed by atoms with Crippen LogP contribution >= 0.6 is 12.6 Å². The number of amides is 1. The number of carbonyl (C=O) groups is 2. The van der Waals surface area contributed by atoms with Crippen LogP contribution in [0, 0.1) is 5.92 Å². The number of hydrogen-bond donors (Lipinski definition) is 3.